The van der Waals surface area contributed by atoms with Gasteiger partial charge < -0.3 is 5.32 Å². The number of halogens is 1. The van der Waals surface area contributed by atoms with Gasteiger partial charge in [0.2, 0.25) is 5.91 Å². The first kappa shape index (κ1) is 16.0. The molecule has 0 radical (unpaired) electrons. The van der Waals surface area contributed by atoms with Gasteiger partial charge in [-0.1, -0.05) is 23.7 Å². The average Bonchev–Trinajstić information content (AvgIpc) is 3.27. The molecular formula is C18H20ClN3O. The van der Waals surface area contributed by atoms with Gasteiger partial charge in [-0.3, -0.25) is 4.79 Å². The van der Waals surface area contributed by atoms with Gasteiger partial charge in [-0.15, -0.1) is 12.3 Å². The van der Waals surface area contributed by atoms with Crippen LogP contribution in [0.4, 0.5) is 0 Å². The van der Waals surface area contributed by atoms with E-state index < -0.39 is 0 Å². The summed E-state index contributed by atoms with van der Waals surface area (Å²) < 4.78 is 0. The van der Waals surface area contributed by atoms with Crippen molar-refractivity contribution in [3.8, 4) is 12.3 Å². The lowest BCUT2D eigenvalue weighted by atomic mass is 9.76. The first-order valence-corrected chi connectivity index (χ1v) is 8.40. The van der Waals surface area contributed by atoms with E-state index in [4.69, 9.17) is 18.0 Å². The predicted molar refractivity (Wildman–Crippen MR) is 90.2 cm³/mol. The van der Waals surface area contributed by atoms with Crippen LogP contribution in [0.3, 0.4) is 0 Å². The summed E-state index contributed by atoms with van der Waals surface area (Å²) in [4.78, 5) is 12.0. The molecule has 1 fully saturated rings. The van der Waals surface area contributed by atoms with E-state index in [2.05, 4.69) is 27.5 Å². The molecule has 0 unspecified atom stereocenters. The minimum atomic E-state index is -0.368. The maximum absolute atomic E-state index is 12.0. The first-order valence-electron chi connectivity index (χ1n) is 8.02. The van der Waals surface area contributed by atoms with Crippen LogP contribution in [0.25, 0.3) is 0 Å². The molecule has 2 aliphatic rings. The van der Waals surface area contributed by atoms with E-state index in [0.29, 0.717) is 25.2 Å². The number of amides is 1. The molecule has 0 spiro atoms. The molecule has 1 N–H and O–H groups in total. The second-order valence-corrected chi connectivity index (χ2v) is 6.81. The lowest BCUT2D eigenvalue weighted by Gasteiger charge is -2.36. The molecule has 23 heavy (non-hydrogen) atoms. The Kier molecular flexibility index (Phi) is 4.68. The van der Waals surface area contributed by atoms with Gasteiger partial charge in [0.15, 0.2) is 5.66 Å². The number of hydrogen-bond acceptors (Lipinski definition) is 3. The molecule has 1 heterocycles. The first-order chi connectivity index (χ1) is 11.1. The number of nitrogens with one attached hydrogen (secondary N) is 1. The normalized spacial score (nSPS) is 23.7. The Bertz CT molecular complexity index is 652. The number of carbonyl (C=O) groups excluding carboxylic acids is 1. The standard InChI is InChI=1S/C18H20ClN3O/c1-2-3-8-18(21-22-18)9-7-17(23)20-16-11-14(12-16)13-5-4-6-15(19)10-13/h1,4-6,10,14,16H,3,7-9,11-12H2,(H,20,23). The average molecular weight is 330 g/mol. The summed E-state index contributed by atoms with van der Waals surface area (Å²) in [6.07, 6.45) is 9.72. The monoisotopic (exact) mass is 329 g/mol. The maximum Gasteiger partial charge on any atom is 0.220 e. The van der Waals surface area contributed by atoms with Crippen LogP contribution in [0.2, 0.25) is 5.02 Å². The lowest BCUT2D eigenvalue weighted by molar-refractivity contribution is -0.122. The molecule has 0 aromatic heterocycles. The fraction of sp³-hybridized carbons (Fsp3) is 0.500. The third-order valence-corrected chi connectivity index (χ3v) is 4.86. The molecule has 1 aliphatic carbocycles. The van der Waals surface area contributed by atoms with Gasteiger partial charge in [-0.25, -0.2) is 0 Å². The highest BCUT2D eigenvalue weighted by atomic mass is 35.5. The number of rotatable bonds is 7. The van der Waals surface area contributed by atoms with Crippen molar-refractivity contribution in [3.63, 3.8) is 0 Å². The molecule has 1 aromatic carbocycles. The zero-order chi connectivity index (χ0) is 16.3. The quantitative estimate of drug-likeness (QED) is 0.753. The number of carbonyl (C=O) groups is 1. The summed E-state index contributed by atoms with van der Waals surface area (Å²) in [6.45, 7) is 0. The van der Waals surface area contributed by atoms with E-state index in [1.807, 2.05) is 18.2 Å². The van der Waals surface area contributed by atoms with Crippen LogP contribution in [-0.2, 0) is 4.79 Å². The predicted octanol–water partition coefficient (Wildman–Crippen LogP) is 4.06. The smallest absolute Gasteiger partial charge is 0.220 e. The molecule has 120 valence electrons. The van der Waals surface area contributed by atoms with Crippen molar-refractivity contribution < 1.29 is 4.79 Å². The summed E-state index contributed by atoms with van der Waals surface area (Å²) in [5.41, 5.74) is 0.888. The zero-order valence-electron chi connectivity index (χ0n) is 13.0. The van der Waals surface area contributed by atoms with Crippen molar-refractivity contribution in [2.45, 2.75) is 56.1 Å². The largest absolute Gasteiger partial charge is 0.353 e. The number of nitrogens with zero attached hydrogens (tertiary/aromatic N) is 2. The van der Waals surface area contributed by atoms with Gasteiger partial charge in [-0.2, -0.15) is 10.2 Å². The van der Waals surface area contributed by atoms with E-state index in [0.717, 1.165) is 24.3 Å². The lowest BCUT2D eigenvalue weighted by Crippen LogP contribution is -2.43. The van der Waals surface area contributed by atoms with E-state index in [-0.39, 0.29) is 17.6 Å². The highest BCUT2D eigenvalue weighted by Crippen LogP contribution is 2.39. The molecule has 3 rings (SSSR count). The summed E-state index contributed by atoms with van der Waals surface area (Å²) in [7, 11) is 0. The Morgan fingerprint density at radius 2 is 2.17 bits per heavy atom. The minimum absolute atomic E-state index is 0.0805. The second-order valence-electron chi connectivity index (χ2n) is 6.37. The van der Waals surface area contributed by atoms with Gasteiger partial charge >= 0.3 is 0 Å². The highest BCUT2D eigenvalue weighted by molar-refractivity contribution is 6.30. The molecule has 4 nitrogen and oxygen atoms in total. The number of terminal acetylenes is 1. The van der Waals surface area contributed by atoms with Gasteiger partial charge in [-0.05, 0) is 36.5 Å². The van der Waals surface area contributed by atoms with Gasteiger partial charge in [0.1, 0.15) is 0 Å². The van der Waals surface area contributed by atoms with Gasteiger partial charge in [0.05, 0.1) is 0 Å². The van der Waals surface area contributed by atoms with Crippen LogP contribution in [0, 0.1) is 12.3 Å². The van der Waals surface area contributed by atoms with Crippen molar-refractivity contribution in [2.24, 2.45) is 10.2 Å². The van der Waals surface area contributed by atoms with Crippen LogP contribution < -0.4 is 5.32 Å². The molecule has 1 saturated carbocycles. The Balaban J connectivity index is 1.37. The van der Waals surface area contributed by atoms with Crippen LogP contribution in [0.15, 0.2) is 34.5 Å². The number of hydrogen-bond donors (Lipinski definition) is 1. The van der Waals surface area contributed by atoms with Crippen LogP contribution in [-0.4, -0.2) is 17.6 Å². The Morgan fingerprint density at radius 3 is 2.83 bits per heavy atom. The SMILES string of the molecule is C#CCCC1(CCC(=O)NC2CC(c3cccc(Cl)c3)C2)N=N1. The molecule has 1 aromatic rings. The molecule has 5 heteroatoms. The maximum atomic E-state index is 12.0. The van der Waals surface area contributed by atoms with E-state index >= 15 is 0 Å². The zero-order valence-corrected chi connectivity index (χ0v) is 13.7. The summed E-state index contributed by atoms with van der Waals surface area (Å²) in [5, 5.41) is 12.0. The van der Waals surface area contributed by atoms with Crippen molar-refractivity contribution in [3.05, 3.63) is 34.9 Å². The molecule has 0 atom stereocenters. The molecule has 1 amide bonds. The fourth-order valence-corrected chi connectivity index (χ4v) is 3.25. The molecule has 0 saturated heterocycles. The number of benzene rings is 1. The topological polar surface area (TPSA) is 53.8 Å². The van der Waals surface area contributed by atoms with Crippen molar-refractivity contribution in [1.82, 2.24) is 5.32 Å². The Morgan fingerprint density at radius 1 is 1.39 bits per heavy atom. The van der Waals surface area contributed by atoms with Crippen molar-refractivity contribution >= 4 is 17.5 Å². The Labute approximate surface area is 141 Å². The van der Waals surface area contributed by atoms with E-state index in [9.17, 15) is 4.79 Å². The van der Waals surface area contributed by atoms with Gasteiger partial charge in [0.25, 0.3) is 0 Å². The molecular weight excluding hydrogens is 310 g/mol. The van der Waals surface area contributed by atoms with E-state index in [1.165, 1.54) is 5.56 Å². The summed E-state index contributed by atoms with van der Waals surface area (Å²) in [6, 6.07) is 8.23. The third-order valence-electron chi connectivity index (χ3n) is 4.63. The van der Waals surface area contributed by atoms with Crippen molar-refractivity contribution in [2.75, 3.05) is 0 Å². The summed E-state index contributed by atoms with van der Waals surface area (Å²) >= 11 is 6.02. The molecule has 1 aliphatic heterocycles. The van der Waals surface area contributed by atoms with Crippen LogP contribution >= 0.6 is 11.6 Å². The third kappa shape index (κ3) is 4.11. The minimum Gasteiger partial charge on any atom is -0.353 e. The van der Waals surface area contributed by atoms with Crippen LogP contribution in [0.1, 0.15) is 50.0 Å². The highest BCUT2D eigenvalue weighted by Gasteiger charge is 2.39. The second kappa shape index (κ2) is 6.72. The van der Waals surface area contributed by atoms with Gasteiger partial charge in [0, 0.05) is 36.7 Å². The van der Waals surface area contributed by atoms with Crippen LogP contribution in [0.5, 0.6) is 0 Å². The summed E-state index contributed by atoms with van der Waals surface area (Å²) in [5.74, 6) is 3.17. The molecule has 0 bridgehead atoms. The van der Waals surface area contributed by atoms with Crippen molar-refractivity contribution in [1.29, 1.82) is 0 Å². The fourth-order valence-electron chi connectivity index (χ4n) is 3.05. The van der Waals surface area contributed by atoms with E-state index in [1.54, 1.807) is 0 Å². The Hall–Kier alpha value is -1.86.